The third-order valence-electron chi connectivity index (χ3n) is 3.03. The second kappa shape index (κ2) is 4.34. The Kier molecular flexibility index (Phi) is 3.03. The van der Waals surface area contributed by atoms with Crippen LogP contribution in [0.4, 0.5) is 5.69 Å². The molecule has 0 aromatic carbocycles. The molecule has 1 aromatic heterocycles. The van der Waals surface area contributed by atoms with Gasteiger partial charge in [-0.3, -0.25) is 0 Å². The van der Waals surface area contributed by atoms with Gasteiger partial charge in [-0.1, -0.05) is 0 Å². The molecule has 0 bridgehead atoms. The van der Waals surface area contributed by atoms with Crippen LogP contribution in [0.1, 0.15) is 12.1 Å². The van der Waals surface area contributed by atoms with Crippen LogP contribution < -0.4 is 4.90 Å². The summed E-state index contributed by atoms with van der Waals surface area (Å²) in [5.41, 5.74) is 1.02. The molecule has 1 aromatic rings. The molecule has 5 nitrogen and oxygen atoms in total. The number of aromatic nitrogens is 1. The highest BCUT2D eigenvalue weighted by Crippen LogP contribution is 2.24. The van der Waals surface area contributed by atoms with Crippen LogP contribution in [0.3, 0.4) is 0 Å². The molecule has 0 radical (unpaired) electrons. The van der Waals surface area contributed by atoms with Gasteiger partial charge >= 0.3 is 0 Å². The van der Waals surface area contributed by atoms with Crippen molar-refractivity contribution in [1.82, 2.24) is 4.98 Å². The minimum absolute atomic E-state index is 0.0590. The Hall–Kier alpha value is -1.61. The van der Waals surface area contributed by atoms with E-state index in [0.29, 0.717) is 17.8 Å². The Bertz CT molecular complexity index is 562. The SMILES string of the molecule is CN(c1cccnc1C#N)C1CCS(=O)(=O)C1. The van der Waals surface area contributed by atoms with Gasteiger partial charge < -0.3 is 4.90 Å². The van der Waals surface area contributed by atoms with Crippen LogP contribution in [0.25, 0.3) is 0 Å². The first-order valence-corrected chi connectivity index (χ1v) is 7.14. The molecule has 1 aliphatic heterocycles. The number of anilines is 1. The first-order chi connectivity index (χ1) is 8.03. The minimum atomic E-state index is -2.91. The molecule has 90 valence electrons. The van der Waals surface area contributed by atoms with Gasteiger partial charge in [0.1, 0.15) is 6.07 Å². The number of nitriles is 1. The molecule has 1 unspecified atom stereocenters. The second-order valence-corrected chi connectivity index (χ2v) is 6.38. The van der Waals surface area contributed by atoms with Crippen molar-refractivity contribution in [3.63, 3.8) is 0 Å². The summed E-state index contributed by atoms with van der Waals surface area (Å²) in [4.78, 5) is 5.82. The fraction of sp³-hybridized carbons (Fsp3) is 0.455. The fourth-order valence-corrected chi connectivity index (χ4v) is 3.82. The van der Waals surface area contributed by atoms with Crippen molar-refractivity contribution in [3.8, 4) is 6.07 Å². The van der Waals surface area contributed by atoms with Crippen molar-refractivity contribution in [2.24, 2.45) is 0 Å². The first kappa shape index (κ1) is 11.9. The van der Waals surface area contributed by atoms with Crippen LogP contribution in [0, 0.1) is 11.3 Å². The molecule has 6 heteroatoms. The standard InChI is InChI=1S/C11H13N3O2S/c1-14(9-4-6-17(15,16)8-9)11-3-2-5-13-10(11)7-12/h2-3,5,9H,4,6,8H2,1H3. The smallest absolute Gasteiger partial charge is 0.163 e. The summed E-state index contributed by atoms with van der Waals surface area (Å²) >= 11 is 0. The van der Waals surface area contributed by atoms with Gasteiger partial charge in [0.15, 0.2) is 15.5 Å². The molecule has 17 heavy (non-hydrogen) atoms. The third kappa shape index (κ3) is 2.39. The van der Waals surface area contributed by atoms with Crippen molar-refractivity contribution in [2.75, 3.05) is 23.5 Å². The zero-order valence-electron chi connectivity index (χ0n) is 9.50. The van der Waals surface area contributed by atoms with E-state index in [2.05, 4.69) is 4.98 Å². The van der Waals surface area contributed by atoms with Gasteiger partial charge in [-0.2, -0.15) is 5.26 Å². The Morgan fingerprint density at radius 2 is 2.35 bits per heavy atom. The summed E-state index contributed by atoms with van der Waals surface area (Å²) in [7, 11) is -1.10. The highest BCUT2D eigenvalue weighted by Gasteiger charge is 2.31. The highest BCUT2D eigenvalue weighted by molar-refractivity contribution is 7.91. The molecule has 0 N–H and O–H groups in total. The molecule has 1 aliphatic rings. The summed E-state index contributed by atoms with van der Waals surface area (Å²) in [6.07, 6.45) is 2.17. The van der Waals surface area contributed by atoms with E-state index in [9.17, 15) is 8.42 Å². The lowest BCUT2D eigenvalue weighted by Gasteiger charge is -2.25. The minimum Gasteiger partial charge on any atom is -0.368 e. The van der Waals surface area contributed by atoms with Crippen LogP contribution in [0.5, 0.6) is 0 Å². The normalized spacial score (nSPS) is 22.0. The monoisotopic (exact) mass is 251 g/mol. The van der Waals surface area contributed by atoms with Gasteiger partial charge in [0.2, 0.25) is 0 Å². The summed E-state index contributed by atoms with van der Waals surface area (Å²) in [6, 6.07) is 5.49. The maximum atomic E-state index is 11.4. The second-order valence-electron chi connectivity index (χ2n) is 4.15. The molecule has 2 heterocycles. The van der Waals surface area contributed by atoms with E-state index in [0.717, 1.165) is 0 Å². The Morgan fingerprint density at radius 1 is 1.59 bits per heavy atom. The lowest BCUT2D eigenvalue weighted by Crippen LogP contribution is -2.33. The number of hydrogen-bond acceptors (Lipinski definition) is 5. The van der Waals surface area contributed by atoms with Gasteiger partial charge in [0, 0.05) is 19.3 Å². The van der Waals surface area contributed by atoms with E-state index in [-0.39, 0.29) is 17.5 Å². The Balaban J connectivity index is 2.27. The number of hydrogen-bond donors (Lipinski definition) is 0. The fourth-order valence-electron chi connectivity index (χ4n) is 2.05. The number of sulfone groups is 1. The van der Waals surface area contributed by atoms with Crippen molar-refractivity contribution in [3.05, 3.63) is 24.0 Å². The first-order valence-electron chi connectivity index (χ1n) is 5.32. The van der Waals surface area contributed by atoms with Crippen LogP contribution in [0.2, 0.25) is 0 Å². The molecule has 0 saturated carbocycles. The van der Waals surface area contributed by atoms with Gasteiger partial charge in [-0.25, -0.2) is 13.4 Å². The van der Waals surface area contributed by atoms with Gasteiger partial charge in [-0.15, -0.1) is 0 Å². The summed E-state index contributed by atoms with van der Waals surface area (Å²) in [6.45, 7) is 0. The van der Waals surface area contributed by atoms with E-state index < -0.39 is 9.84 Å². The quantitative estimate of drug-likeness (QED) is 0.768. The zero-order chi connectivity index (χ0) is 12.5. The Labute approximate surface area is 101 Å². The van der Waals surface area contributed by atoms with Crippen LogP contribution in [0.15, 0.2) is 18.3 Å². The average molecular weight is 251 g/mol. The van der Waals surface area contributed by atoms with E-state index in [4.69, 9.17) is 5.26 Å². The molecule has 2 rings (SSSR count). The summed E-state index contributed by atoms with van der Waals surface area (Å²) in [5, 5.41) is 8.96. The lowest BCUT2D eigenvalue weighted by molar-refractivity contribution is 0.601. The van der Waals surface area contributed by atoms with Crippen LogP contribution in [-0.4, -0.2) is 38.0 Å². The molecule has 1 fully saturated rings. The van der Waals surface area contributed by atoms with Crippen molar-refractivity contribution >= 4 is 15.5 Å². The maximum Gasteiger partial charge on any atom is 0.163 e. The van der Waals surface area contributed by atoms with Crippen molar-refractivity contribution in [1.29, 1.82) is 5.26 Å². The molecule has 1 saturated heterocycles. The van der Waals surface area contributed by atoms with Crippen LogP contribution >= 0.6 is 0 Å². The number of pyridine rings is 1. The van der Waals surface area contributed by atoms with E-state index >= 15 is 0 Å². The predicted molar refractivity (Wildman–Crippen MR) is 64.4 cm³/mol. The molecule has 0 amide bonds. The van der Waals surface area contributed by atoms with Gasteiger partial charge in [-0.05, 0) is 18.6 Å². The topological polar surface area (TPSA) is 74.1 Å². The maximum absolute atomic E-state index is 11.4. The molecule has 1 atom stereocenters. The zero-order valence-corrected chi connectivity index (χ0v) is 10.3. The number of nitrogens with zero attached hydrogens (tertiary/aromatic N) is 3. The molecular formula is C11H13N3O2S. The highest BCUT2D eigenvalue weighted by atomic mass is 32.2. The Morgan fingerprint density at radius 3 is 2.94 bits per heavy atom. The number of rotatable bonds is 2. The van der Waals surface area contributed by atoms with E-state index in [1.807, 2.05) is 18.0 Å². The lowest BCUT2D eigenvalue weighted by atomic mass is 10.2. The predicted octanol–water partition coefficient (Wildman–Crippen LogP) is 0.577. The van der Waals surface area contributed by atoms with Gasteiger partial charge in [0.05, 0.1) is 17.2 Å². The van der Waals surface area contributed by atoms with Gasteiger partial charge in [0.25, 0.3) is 0 Å². The average Bonchev–Trinajstić information content (AvgIpc) is 2.68. The summed E-state index contributed by atoms with van der Waals surface area (Å²) in [5.74, 6) is 0.382. The largest absolute Gasteiger partial charge is 0.368 e. The molecular weight excluding hydrogens is 238 g/mol. The van der Waals surface area contributed by atoms with E-state index in [1.54, 1.807) is 18.3 Å². The van der Waals surface area contributed by atoms with Crippen LogP contribution in [-0.2, 0) is 9.84 Å². The molecule has 0 spiro atoms. The summed E-state index contributed by atoms with van der Waals surface area (Å²) < 4.78 is 22.8. The van der Waals surface area contributed by atoms with E-state index in [1.165, 1.54) is 0 Å². The van der Waals surface area contributed by atoms with Crippen molar-refractivity contribution < 1.29 is 8.42 Å². The molecule has 0 aliphatic carbocycles. The third-order valence-corrected chi connectivity index (χ3v) is 4.78. The van der Waals surface area contributed by atoms with Crippen molar-refractivity contribution in [2.45, 2.75) is 12.5 Å².